The molecular weight excluding hydrogens is 460 g/mol. The van der Waals surface area contributed by atoms with Crippen LogP contribution in [0, 0.1) is 11.8 Å². The van der Waals surface area contributed by atoms with Crippen LogP contribution in [-0.4, -0.2) is 41.3 Å². The Balaban J connectivity index is 2.09. The maximum atomic E-state index is 12.2. The lowest BCUT2D eigenvalue weighted by molar-refractivity contribution is -0.149. The highest BCUT2D eigenvalue weighted by Gasteiger charge is 2.45. The molecule has 5 atom stereocenters. The van der Waals surface area contributed by atoms with Gasteiger partial charge in [-0.05, 0) is 18.1 Å². The van der Waals surface area contributed by atoms with Gasteiger partial charge in [-0.1, -0.05) is 90.4 Å². The highest BCUT2D eigenvalue weighted by atomic mass is 79.9. The van der Waals surface area contributed by atoms with Gasteiger partial charge >= 0.3 is 5.97 Å². The molecule has 0 fully saturated rings. The second-order valence-corrected chi connectivity index (χ2v) is 9.76. The lowest BCUT2D eigenvalue weighted by Gasteiger charge is -2.37. The Kier molecular flexibility index (Phi) is 10.2. The van der Waals surface area contributed by atoms with Crippen LogP contribution in [0.4, 0.5) is 0 Å². The summed E-state index contributed by atoms with van der Waals surface area (Å²) >= 11 is 3.36. The molecule has 0 aliphatic rings. The lowest BCUT2D eigenvalue weighted by atomic mass is 9.84. The highest BCUT2D eigenvalue weighted by molar-refractivity contribution is 9.10. The Morgan fingerprint density at radius 2 is 1.52 bits per heavy atom. The van der Waals surface area contributed by atoms with Crippen LogP contribution in [0.2, 0.25) is 0 Å². The average Bonchev–Trinajstić information content (AvgIpc) is 2.79. The minimum atomic E-state index is -1.24. The summed E-state index contributed by atoms with van der Waals surface area (Å²) in [6, 6.07) is 19.9. The molecule has 1 unspecified atom stereocenters. The van der Waals surface area contributed by atoms with Crippen molar-refractivity contribution in [1.29, 1.82) is 0 Å². The number of aliphatic hydroxyl groups excluding tert-OH is 1. The molecule has 2 aromatic carbocycles. The van der Waals surface area contributed by atoms with Gasteiger partial charge in [0.2, 0.25) is 0 Å². The van der Waals surface area contributed by atoms with Crippen LogP contribution in [0.1, 0.15) is 31.9 Å². The third-order valence-electron chi connectivity index (χ3n) is 5.49. The number of methoxy groups -OCH3 is 1. The third-order valence-corrected chi connectivity index (χ3v) is 6.29. The second-order valence-electron chi connectivity index (χ2n) is 8.11. The monoisotopic (exact) mass is 492 g/mol. The molecule has 0 saturated carbocycles. The molecule has 0 bridgehead atoms. The Morgan fingerprint density at radius 1 is 1.00 bits per heavy atom. The summed E-state index contributed by atoms with van der Waals surface area (Å²) < 4.78 is 15.8. The number of hydrogen-bond donors (Lipinski definition) is 1. The molecule has 0 aliphatic carbocycles. The number of aliphatic hydroxyl groups is 1. The molecule has 0 amide bonds. The Morgan fingerprint density at radius 3 is 2.03 bits per heavy atom. The molecule has 0 aliphatic heterocycles. The van der Waals surface area contributed by atoms with Crippen molar-refractivity contribution in [1.82, 2.24) is 0 Å². The first-order valence-corrected chi connectivity index (χ1v) is 11.3. The van der Waals surface area contributed by atoms with Crippen molar-refractivity contribution in [3.8, 4) is 0 Å². The van der Waals surface area contributed by atoms with Gasteiger partial charge in [-0.2, -0.15) is 0 Å². The largest absolute Gasteiger partial charge is 0.468 e. The summed E-state index contributed by atoms with van der Waals surface area (Å²) in [6.45, 7) is 6.91. The fraction of sp³-hybridized carbons (Fsp3) is 0.480. The van der Waals surface area contributed by atoms with E-state index in [1.165, 1.54) is 7.11 Å². The minimum absolute atomic E-state index is 0.0157. The topological polar surface area (TPSA) is 65.0 Å². The minimum Gasteiger partial charge on any atom is -0.468 e. The van der Waals surface area contributed by atoms with Crippen molar-refractivity contribution >= 4 is 21.9 Å². The van der Waals surface area contributed by atoms with Crippen molar-refractivity contribution in [2.45, 2.75) is 50.5 Å². The number of rotatable bonds is 12. The van der Waals surface area contributed by atoms with Gasteiger partial charge < -0.3 is 19.3 Å². The zero-order valence-corrected chi connectivity index (χ0v) is 20.2. The van der Waals surface area contributed by atoms with Gasteiger partial charge in [0.05, 0.1) is 39.1 Å². The van der Waals surface area contributed by atoms with Crippen LogP contribution in [0.15, 0.2) is 60.7 Å². The van der Waals surface area contributed by atoms with E-state index in [1.807, 2.05) is 74.5 Å². The molecular formula is C25H33BrO5. The fourth-order valence-electron chi connectivity index (χ4n) is 3.63. The van der Waals surface area contributed by atoms with E-state index in [0.29, 0.717) is 19.8 Å². The van der Waals surface area contributed by atoms with Crippen molar-refractivity contribution in [2.75, 3.05) is 13.7 Å². The van der Waals surface area contributed by atoms with E-state index in [0.717, 1.165) is 11.1 Å². The van der Waals surface area contributed by atoms with Gasteiger partial charge in [-0.25, -0.2) is 0 Å². The van der Waals surface area contributed by atoms with Crippen molar-refractivity contribution < 1.29 is 24.1 Å². The first-order chi connectivity index (χ1) is 14.8. The summed E-state index contributed by atoms with van der Waals surface area (Å²) in [6.07, 6.45) is -1.36. The quantitative estimate of drug-likeness (QED) is 0.342. The Hall–Kier alpha value is -1.73. The number of carbonyl (C=O) groups excluding carboxylic acids is 1. The second kappa shape index (κ2) is 12.3. The fourth-order valence-corrected chi connectivity index (χ4v) is 4.21. The van der Waals surface area contributed by atoms with E-state index >= 15 is 0 Å². The predicted molar refractivity (Wildman–Crippen MR) is 125 cm³/mol. The van der Waals surface area contributed by atoms with Gasteiger partial charge in [0.15, 0.2) is 0 Å². The molecule has 0 saturated heterocycles. The van der Waals surface area contributed by atoms with Gasteiger partial charge in [0.25, 0.3) is 0 Å². The number of halogens is 1. The molecule has 6 heteroatoms. The summed E-state index contributed by atoms with van der Waals surface area (Å²) in [5.74, 6) is -0.901. The molecule has 2 rings (SSSR count). The van der Waals surface area contributed by atoms with Crippen LogP contribution in [-0.2, 0) is 32.2 Å². The molecule has 1 N–H and O–H groups in total. The third kappa shape index (κ3) is 7.42. The molecule has 170 valence electrons. The first kappa shape index (κ1) is 25.5. The molecule has 0 heterocycles. The molecule has 0 aromatic heterocycles. The standard InChI is InChI=1S/C25H33BrO5/c1-18(15-30-16-20-11-7-5-8-12-20)22(31-17-21-13-9-6-10-14-21)19(2)23(27)25(3,26)24(28)29-4/h5-14,18-19,22-23,27H,15-17H2,1-4H3/t18-,19-,22+,23+,25?/m0/s1. The lowest BCUT2D eigenvalue weighted by Crippen LogP contribution is -2.50. The maximum Gasteiger partial charge on any atom is 0.325 e. The molecule has 2 aromatic rings. The summed E-state index contributed by atoms with van der Waals surface area (Å²) in [7, 11) is 1.31. The molecule has 5 nitrogen and oxygen atoms in total. The number of alkyl halides is 1. The zero-order chi connectivity index (χ0) is 22.9. The summed E-state index contributed by atoms with van der Waals surface area (Å²) in [5, 5.41) is 11.0. The average molecular weight is 493 g/mol. The zero-order valence-electron chi connectivity index (χ0n) is 18.7. The van der Waals surface area contributed by atoms with Gasteiger partial charge in [0.1, 0.15) is 4.32 Å². The van der Waals surface area contributed by atoms with Crippen molar-refractivity contribution in [3.63, 3.8) is 0 Å². The molecule has 31 heavy (non-hydrogen) atoms. The van der Waals surface area contributed by atoms with Crippen LogP contribution < -0.4 is 0 Å². The van der Waals surface area contributed by atoms with Crippen molar-refractivity contribution in [3.05, 3.63) is 71.8 Å². The number of ether oxygens (including phenoxy) is 3. The molecule has 0 spiro atoms. The van der Waals surface area contributed by atoms with Crippen LogP contribution in [0.3, 0.4) is 0 Å². The number of hydrogen-bond acceptors (Lipinski definition) is 5. The van der Waals surface area contributed by atoms with E-state index in [1.54, 1.807) is 6.92 Å². The van der Waals surface area contributed by atoms with Crippen LogP contribution in [0.5, 0.6) is 0 Å². The smallest absolute Gasteiger partial charge is 0.325 e. The van der Waals surface area contributed by atoms with Gasteiger partial charge in [-0.15, -0.1) is 0 Å². The highest BCUT2D eigenvalue weighted by Crippen LogP contribution is 2.33. The first-order valence-electron chi connectivity index (χ1n) is 10.5. The predicted octanol–water partition coefficient (Wildman–Crippen LogP) is 4.75. The molecule has 0 radical (unpaired) electrons. The van der Waals surface area contributed by atoms with Gasteiger partial charge in [-0.3, -0.25) is 4.79 Å². The van der Waals surface area contributed by atoms with E-state index in [2.05, 4.69) is 15.9 Å². The van der Waals surface area contributed by atoms with Crippen molar-refractivity contribution in [2.24, 2.45) is 11.8 Å². The van der Waals surface area contributed by atoms with Crippen LogP contribution >= 0.6 is 15.9 Å². The van der Waals surface area contributed by atoms with E-state index in [9.17, 15) is 9.90 Å². The van der Waals surface area contributed by atoms with Crippen LogP contribution in [0.25, 0.3) is 0 Å². The van der Waals surface area contributed by atoms with Gasteiger partial charge in [0, 0.05) is 11.8 Å². The number of carbonyl (C=O) groups is 1. The van der Waals surface area contributed by atoms with E-state index in [-0.39, 0.29) is 17.9 Å². The SMILES string of the molecule is COC(=O)C(C)(Br)[C@H](O)[C@@H](C)[C@H](OCc1ccccc1)[C@@H](C)COCc1ccccc1. The number of benzene rings is 2. The normalized spacial score (nSPS) is 17.2. The summed E-state index contributed by atoms with van der Waals surface area (Å²) in [4.78, 5) is 12.2. The Bertz CT molecular complexity index is 781. The maximum absolute atomic E-state index is 12.2. The van der Waals surface area contributed by atoms with E-state index < -0.39 is 16.4 Å². The number of esters is 1. The van der Waals surface area contributed by atoms with E-state index in [4.69, 9.17) is 14.2 Å². The Labute approximate surface area is 193 Å². The summed E-state index contributed by atoms with van der Waals surface area (Å²) in [5.41, 5.74) is 2.14.